The summed E-state index contributed by atoms with van der Waals surface area (Å²) in [4.78, 5) is 24.1. The summed E-state index contributed by atoms with van der Waals surface area (Å²) >= 11 is 0. The van der Waals surface area contributed by atoms with E-state index in [2.05, 4.69) is 0 Å². The molecule has 5 atom stereocenters. The fraction of sp³-hybridized carbons (Fsp3) is 0.467. The summed E-state index contributed by atoms with van der Waals surface area (Å²) in [5, 5.41) is 38.5. The summed E-state index contributed by atoms with van der Waals surface area (Å²) in [5.74, 6) is -2.46. The number of carbonyl (C=O) groups is 2. The Bertz CT molecular complexity index is 627. The van der Waals surface area contributed by atoms with Gasteiger partial charge in [0, 0.05) is 5.92 Å². The van der Waals surface area contributed by atoms with Crippen molar-refractivity contribution in [3.8, 4) is 5.75 Å². The summed E-state index contributed by atoms with van der Waals surface area (Å²) in [6.45, 7) is -0.719. The number of ether oxygens (including phenoxy) is 2. The minimum Gasteiger partial charge on any atom is -0.508 e. The van der Waals surface area contributed by atoms with Gasteiger partial charge in [0.15, 0.2) is 6.10 Å². The highest BCUT2D eigenvalue weighted by atomic mass is 16.6. The number of carbonyl (C=O) groups excluding carboxylic acids is 2. The molecule has 2 saturated heterocycles. The number of phenols is 1. The fourth-order valence-electron chi connectivity index (χ4n) is 3.18. The van der Waals surface area contributed by atoms with Crippen LogP contribution in [0.5, 0.6) is 5.75 Å². The third-order valence-electron chi connectivity index (χ3n) is 4.35. The van der Waals surface area contributed by atoms with Crippen LogP contribution in [0.4, 0.5) is 0 Å². The van der Waals surface area contributed by atoms with Gasteiger partial charge >= 0.3 is 11.9 Å². The maximum atomic E-state index is 12.3. The van der Waals surface area contributed by atoms with Gasteiger partial charge < -0.3 is 29.9 Å². The Morgan fingerprint density at radius 1 is 1.26 bits per heavy atom. The van der Waals surface area contributed by atoms with Crippen molar-refractivity contribution in [3.05, 3.63) is 29.8 Å². The molecule has 0 saturated carbocycles. The Kier molecular flexibility index (Phi) is 3.75. The summed E-state index contributed by atoms with van der Waals surface area (Å²) in [7, 11) is 0. The van der Waals surface area contributed by atoms with E-state index < -0.39 is 48.4 Å². The molecule has 3 rings (SSSR count). The van der Waals surface area contributed by atoms with Gasteiger partial charge in [-0.25, -0.2) is 4.79 Å². The first-order valence-electron chi connectivity index (χ1n) is 7.09. The summed E-state index contributed by atoms with van der Waals surface area (Å²) in [6, 6.07) is 5.80. The van der Waals surface area contributed by atoms with Crippen molar-refractivity contribution in [2.45, 2.75) is 36.3 Å². The lowest BCUT2D eigenvalue weighted by Crippen LogP contribution is -2.52. The van der Waals surface area contributed by atoms with E-state index in [-0.39, 0.29) is 12.2 Å². The highest BCUT2D eigenvalue weighted by molar-refractivity contribution is 5.91. The van der Waals surface area contributed by atoms with Gasteiger partial charge in [0.1, 0.15) is 18.0 Å². The monoisotopic (exact) mass is 324 g/mol. The Labute approximate surface area is 130 Å². The normalized spacial score (nSPS) is 34.5. The number of benzene rings is 1. The highest BCUT2D eigenvalue weighted by Gasteiger charge is 2.69. The smallest absolute Gasteiger partial charge is 0.354 e. The number of aliphatic hydroxyl groups excluding tert-OH is 3. The van der Waals surface area contributed by atoms with Gasteiger partial charge in [-0.2, -0.15) is 0 Å². The number of cyclic esters (lactones) is 1. The number of rotatable bonds is 3. The van der Waals surface area contributed by atoms with Crippen molar-refractivity contribution in [1.29, 1.82) is 0 Å². The molecule has 2 fully saturated rings. The van der Waals surface area contributed by atoms with E-state index in [4.69, 9.17) is 14.6 Å². The maximum Gasteiger partial charge on any atom is 0.354 e. The second-order valence-electron chi connectivity index (χ2n) is 5.68. The Balaban J connectivity index is 2.02. The molecule has 2 heterocycles. The summed E-state index contributed by atoms with van der Waals surface area (Å²) < 4.78 is 10.1. The maximum absolute atomic E-state index is 12.3. The second kappa shape index (κ2) is 5.48. The first-order valence-corrected chi connectivity index (χ1v) is 7.09. The van der Waals surface area contributed by atoms with Crippen molar-refractivity contribution in [2.24, 2.45) is 0 Å². The summed E-state index contributed by atoms with van der Waals surface area (Å²) in [6.07, 6.45) is -4.66. The molecule has 23 heavy (non-hydrogen) atoms. The van der Waals surface area contributed by atoms with Gasteiger partial charge in [0.25, 0.3) is 0 Å². The van der Waals surface area contributed by atoms with Crippen LogP contribution in [0, 0.1) is 0 Å². The van der Waals surface area contributed by atoms with Crippen molar-refractivity contribution >= 4 is 11.9 Å². The predicted octanol–water partition coefficient (Wildman–Crippen LogP) is -1.20. The Morgan fingerprint density at radius 3 is 2.52 bits per heavy atom. The lowest BCUT2D eigenvalue weighted by molar-refractivity contribution is -0.169. The summed E-state index contributed by atoms with van der Waals surface area (Å²) in [5.41, 5.74) is -1.46. The molecular weight excluding hydrogens is 308 g/mol. The van der Waals surface area contributed by atoms with E-state index in [1.54, 1.807) is 0 Å². The number of hydrogen-bond acceptors (Lipinski definition) is 8. The third-order valence-corrected chi connectivity index (χ3v) is 4.35. The molecule has 8 nitrogen and oxygen atoms in total. The lowest BCUT2D eigenvalue weighted by Gasteiger charge is -2.29. The molecular formula is C15H16O8. The molecule has 0 radical (unpaired) electrons. The zero-order valence-electron chi connectivity index (χ0n) is 12.0. The number of esters is 2. The van der Waals surface area contributed by atoms with Crippen molar-refractivity contribution in [3.63, 3.8) is 0 Å². The average molecular weight is 324 g/mol. The minimum atomic E-state index is -1.96. The fourth-order valence-corrected chi connectivity index (χ4v) is 3.18. The van der Waals surface area contributed by atoms with Gasteiger partial charge in [-0.1, -0.05) is 12.1 Å². The molecule has 124 valence electrons. The molecule has 2 aliphatic heterocycles. The molecule has 1 aromatic rings. The molecule has 0 aliphatic carbocycles. The zero-order chi connectivity index (χ0) is 16.8. The largest absolute Gasteiger partial charge is 0.508 e. The standard InChI is InChI=1S/C15H16O8/c16-6-10(18)12-13(20)15(14(21)22-12)9(5-11(19)23-15)7-1-3-8(17)4-2-7/h1-4,9-10,12-13,16-18,20H,5-6H2/t9-,10-,12-,13-,15+/m0/s1. The van der Waals surface area contributed by atoms with Crippen molar-refractivity contribution < 1.29 is 39.5 Å². The molecule has 2 aliphatic rings. The average Bonchev–Trinajstić information content (AvgIpc) is 3.01. The van der Waals surface area contributed by atoms with Crippen LogP contribution >= 0.6 is 0 Å². The van der Waals surface area contributed by atoms with E-state index in [9.17, 15) is 24.9 Å². The highest BCUT2D eigenvalue weighted by Crippen LogP contribution is 2.48. The van der Waals surface area contributed by atoms with Crippen LogP contribution in [-0.4, -0.2) is 62.9 Å². The topological polar surface area (TPSA) is 134 Å². The zero-order valence-corrected chi connectivity index (χ0v) is 12.0. The molecule has 8 heteroatoms. The number of hydrogen-bond donors (Lipinski definition) is 4. The van der Waals surface area contributed by atoms with Crippen LogP contribution in [0.1, 0.15) is 17.9 Å². The number of aromatic hydroxyl groups is 1. The molecule has 1 aromatic carbocycles. The van der Waals surface area contributed by atoms with Gasteiger partial charge in [-0.15, -0.1) is 0 Å². The first-order chi connectivity index (χ1) is 10.9. The first kappa shape index (κ1) is 15.7. The van der Waals surface area contributed by atoms with Crippen LogP contribution in [-0.2, 0) is 19.1 Å². The van der Waals surface area contributed by atoms with Crippen LogP contribution in [0.2, 0.25) is 0 Å². The van der Waals surface area contributed by atoms with Crippen LogP contribution in [0.15, 0.2) is 24.3 Å². The minimum absolute atomic E-state index is 0.0103. The van der Waals surface area contributed by atoms with Gasteiger partial charge in [0.2, 0.25) is 5.60 Å². The molecule has 1 spiro atoms. The Morgan fingerprint density at radius 2 is 1.91 bits per heavy atom. The van der Waals surface area contributed by atoms with Gasteiger partial charge in [-0.3, -0.25) is 4.79 Å². The molecule has 0 amide bonds. The van der Waals surface area contributed by atoms with Crippen LogP contribution in [0.3, 0.4) is 0 Å². The van der Waals surface area contributed by atoms with Crippen LogP contribution < -0.4 is 0 Å². The molecule has 4 N–H and O–H groups in total. The van der Waals surface area contributed by atoms with Gasteiger partial charge in [0.05, 0.1) is 13.0 Å². The van der Waals surface area contributed by atoms with E-state index in [1.165, 1.54) is 24.3 Å². The second-order valence-corrected chi connectivity index (χ2v) is 5.68. The van der Waals surface area contributed by atoms with E-state index in [1.807, 2.05) is 0 Å². The Hall–Kier alpha value is -2.16. The molecule has 0 unspecified atom stereocenters. The third kappa shape index (κ3) is 2.26. The van der Waals surface area contributed by atoms with E-state index in [0.717, 1.165) is 0 Å². The van der Waals surface area contributed by atoms with Crippen molar-refractivity contribution in [1.82, 2.24) is 0 Å². The van der Waals surface area contributed by atoms with E-state index >= 15 is 0 Å². The number of phenolic OH excluding ortho intramolecular Hbond substituents is 1. The lowest BCUT2D eigenvalue weighted by atomic mass is 9.77. The number of aliphatic hydroxyl groups is 3. The predicted molar refractivity (Wildman–Crippen MR) is 73.3 cm³/mol. The van der Waals surface area contributed by atoms with Crippen molar-refractivity contribution in [2.75, 3.05) is 6.61 Å². The van der Waals surface area contributed by atoms with E-state index in [0.29, 0.717) is 5.56 Å². The quantitative estimate of drug-likeness (QED) is 0.510. The van der Waals surface area contributed by atoms with Gasteiger partial charge in [-0.05, 0) is 17.7 Å². The SMILES string of the molecule is O=C1C[C@@H](c2ccc(O)cc2)[C@]2(O1)C(=O)O[C@@H]([C@@H](O)CO)[C@@H]2O. The molecule has 0 aromatic heterocycles. The molecule has 0 bridgehead atoms. The van der Waals surface area contributed by atoms with Crippen LogP contribution in [0.25, 0.3) is 0 Å².